The lowest BCUT2D eigenvalue weighted by molar-refractivity contribution is -0.384. The monoisotopic (exact) mass is 409 g/mol. The van der Waals surface area contributed by atoms with Gasteiger partial charge in [0.05, 0.1) is 4.92 Å². The minimum Gasteiger partial charge on any atom is -0.354 e. The van der Waals surface area contributed by atoms with Crippen molar-refractivity contribution in [1.29, 1.82) is 0 Å². The van der Waals surface area contributed by atoms with Gasteiger partial charge in [0.1, 0.15) is 0 Å². The van der Waals surface area contributed by atoms with Crippen molar-refractivity contribution in [3.05, 3.63) is 89.0 Å². The van der Waals surface area contributed by atoms with Gasteiger partial charge >= 0.3 is 0 Å². The Kier molecular flexibility index (Phi) is 3.63. The normalized spacial score (nSPS) is 11.7. The number of fused-ring (bicyclic) bond motifs is 6. The Morgan fingerprint density at radius 3 is 2.23 bits per heavy atom. The van der Waals surface area contributed by atoms with E-state index in [1.54, 1.807) is 36.0 Å². The maximum absolute atomic E-state index is 10.9. The summed E-state index contributed by atoms with van der Waals surface area (Å²) in [6, 6.07) is 25.7. The van der Waals surface area contributed by atoms with Gasteiger partial charge in [-0.1, -0.05) is 36.0 Å². The van der Waals surface area contributed by atoms with Gasteiger partial charge in [0.2, 0.25) is 0 Å². The van der Waals surface area contributed by atoms with Crippen LogP contribution in [0.15, 0.2) is 88.7 Å². The van der Waals surface area contributed by atoms with Crippen LogP contribution < -0.4 is 0 Å². The number of hydrogen-bond acceptors (Lipinski definition) is 3. The van der Waals surface area contributed by atoms with Gasteiger partial charge in [-0.05, 0) is 42.5 Å². The summed E-state index contributed by atoms with van der Waals surface area (Å²) in [6.45, 7) is 0. The Balaban J connectivity index is 1.54. The molecule has 2 N–H and O–H groups in total. The Hall–Kier alpha value is -3.77. The fraction of sp³-hybridized carbons (Fsp3) is 0. The smallest absolute Gasteiger partial charge is 0.269 e. The Morgan fingerprint density at radius 2 is 1.40 bits per heavy atom. The average molecular weight is 409 g/mol. The van der Waals surface area contributed by atoms with Crippen molar-refractivity contribution in [2.24, 2.45) is 0 Å². The Bertz CT molecular complexity index is 1600. The molecular formula is C24H15N3O2S. The molecule has 2 heterocycles. The van der Waals surface area contributed by atoms with Crippen LogP contribution in [0.1, 0.15) is 0 Å². The van der Waals surface area contributed by atoms with E-state index in [0.29, 0.717) is 0 Å². The van der Waals surface area contributed by atoms with Crippen LogP contribution in [0.4, 0.5) is 5.69 Å². The molecule has 0 fully saturated rings. The molecule has 30 heavy (non-hydrogen) atoms. The fourth-order valence-corrected chi connectivity index (χ4v) is 5.11. The lowest BCUT2D eigenvalue weighted by Crippen LogP contribution is -1.86. The van der Waals surface area contributed by atoms with Crippen molar-refractivity contribution in [2.75, 3.05) is 0 Å². The summed E-state index contributed by atoms with van der Waals surface area (Å²) in [6.07, 6.45) is 0. The zero-order valence-electron chi connectivity index (χ0n) is 15.7. The van der Waals surface area contributed by atoms with Gasteiger partial charge in [0.25, 0.3) is 5.69 Å². The van der Waals surface area contributed by atoms with Gasteiger partial charge in [0.15, 0.2) is 0 Å². The number of aromatic amines is 2. The summed E-state index contributed by atoms with van der Waals surface area (Å²) in [7, 11) is 0. The highest BCUT2D eigenvalue weighted by atomic mass is 32.2. The number of aromatic nitrogens is 2. The summed E-state index contributed by atoms with van der Waals surface area (Å²) in [5.74, 6) is 0. The van der Waals surface area contributed by atoms with Gasteiger partial charge in [0, 0.05) is 65.5 Å². The number of nitrogens with zero attached hydrogens (tertiary/aromatic N) is 1. The second-order valence-corrected chi connectivity index (χ2v) is 8.39. The molecule has 5 nitrogen and oxygen atoms in total. The third-order valence-electron chi connectivity index (χ3n) is 5.48. The number of rotatable bonds is 3. The van der Waals surface area contributed by atoms with E-state index in [0.717, 1.165) is 42.6 Å². The third-order valence-corrected chi connectivity index (χ3v) is 6.55. The van der Waals surface area contributed by atoms with Crippen LogP contribution in [-0.2, 0) is 0 Å². The number of H-pyrrole nitrogens is 2. The summed E-state index contributed by atoms with van der Waals surface area (Å²) < 4.78 is 0. The van der Waals surface area contributed by atoms with Crippen molar-refractivity contribution >= 4 is 61.1 Å². The molecule has 0 bridgehead atoms. The number of benzene rings is 4. The van der Waals surface area contributed by atoms with Crippen LogP contribution in [0.5, 0.6) is 0 Å². The first-order chi connectivity index (χ1) is 14.7. The molecule has 0 saturated heterocycles. The second kappa shape index (κ2) is 6.37. The number of nitrogens with one attached hydrogen (secondary N) is 2. The van der Waals surface area contributed by atoms with Gasteiger partial charge in [-0.2, -0.15) is 0 Å². The highest BCUT2D eigenvalue weighted by Gasteiger charge is 2.13. The van der Waals surface area contributed by atoms with Crippen molar-refractivity contribution < 1.29 is 4.92 Å². The third kappa shape index (κ3) is 2.58. The molecule has 0 spiro atoms. The van der Waals surface area contributed by atoms with Crippen molar-refractivity contribution in [3.63, 3.8) is 0 Å². The maximum Gasteiger partial charge on any atom is 0.269 e. The molecule has 4 aromatic carbocycles. The fourth-order valence-electron chi connectivity index (χ4n) is 4.11. The number of non-ortho nitro benzene ring substituents is 1. The number of hydrogen-bond donors (Lipinski definition) is 2. The van der Waals surface area contributed by atoms with Gasteiger partial charge < -0.3 is 9.97 Å². The second-order valence-electron chi connectivity index (χ2n) is 7.27. The summed E-state index contributed by atoms with van der Waals surface area (Å²) in [5.41, 5.74) is 4.52. The SMILES string of the molecule is O=[N+]([O-])c1ccc(Sc2cccc3[nH]c4cc5c(cc4c23)[nH]c2ccccc25)cc1. The van der Waals surface area contributed by atoms with Crippen LogP contribution in [0, 0.1) is 10.1 Å². The quantitative estimate of drug-likeness (QED) is 0.244. The van der Waals surface area contributed by atoms with Gasteiger partial charge in [-0.25, -0.2) is 0 Å². The molecule has 144 valence electrons. The molecule has 0 amide bonds. The Morgan fingerprint density at radius 1 is 0.700 bits per heavy atom. The highest BCUT2D eigenvalue weighted by molar-refractivity contribution is 7.99. The standard InChI is InChI=1S/C24H15N3O2S/c28-27(29)14-8-10-15(11-9-14)30-23-7-3-6-20-24(23)18-13-21-17(12-22(18)26-20)16-4-1-2-5-19(16)25-21/h1-13,25-26H. The molecule has 6 heteroatoms. The zero-order chi connectivity index (χ0) is 20.2. The van der Waals surface area contributed by atoms with Gasteiger partial charge in [-0.15, -0.1) is 0 Å². The van der Waals surface area contributed by atoms with E-state index in [-0.39, 0.29) is 10.6 Å². The van der Waals surface area contributed by atoms with E-state index in [9.17, 15) is 10.1 Å². The van der Waals surface area contributed by atoms with E-state index in [2.05, 4.69) is 52.4 Å². The van der Waals surface area contributed by atoms with Crippen LogP contribution in [0.3, 0.4) is 0 Å². The van der Waals surface area contributed by atoms with E-state index in [1.165, 1.54) is 10.8 Å². The van der Waals surface area contributed by atoms with E-state index in [4.69, 9.17) is 0 Å². The van der Waals surface area contributed by atoms with E-state index >= 15 is 0 Å². The predicted molar refractivity (Wildman–Crippen MR) is 122 cm³/mol. The molecule has 6 aromatic rings. The molecule has 0 aliphatic heterocycles. The maximum atomic E-state index is 10.9. The minimum atomic E-state index is -0.375. The van der Waals surface area contributed by atoms with E-state index < -0.39 is 0 Å². The first kappa shape index (κ1) is 17.1. The minimum absolute atomic E-state index is 0.103. The molecule has 2 aromatic heterocycles. The number of nitro groups is 1. The lowest BCUT2D eigenvalue weighted by Gasteiger charge is -2.04. The summed E-state index contributed by atoms with van der Waals surface area (Å²) in [5, 5.41) is 15.7. The van der Waals surface area contributed by atoms with E-state index in [1.807, 2.05) is 12.1 Å². The van der Waals surface area contributed by atoms with Crippen molar-refractivity contribution in [1.82, 2.24) is 9.97 Å². The topological polar surface area (TPSA) is 74.7 Å². The first-order valence-corrected chi connectivity index (χ1v) is 10.4. The molecule has 0 atom stereocenters. The van der Waals surface area contributed by atoms with Gasteiger partial charge in [-0.3, -0.25) is 10.1 Å². The molecular weight excluding hydrogens is 394 g/mol. The van der Waals surface area contributed by atoms with Crippen LogP contribution in [0.25, 0.3) is 43.6 Å². The molecule has 6 rings (SSSR count). The zero-order valence-corrected chi connectivity index (χ0v) is 16.5. The molecule has 0 unspecified atom stereocenters. The largest absolute Gasteiger partial charge is 0.354 e. The van der Waals surface area contributed by atoms with Crippen LogP contribution >= 0.6 is 11.8 Å². The number of nitro benzene ring substituents is 1. The average Bonchev–Trinajstić information content (AvgIpc) is 3.30. The Labute approximate surface area is 174 Å². The molecule has 0 saturated carbocycles. The molecule has 0 aliphatic rings. The molecule has 0 radical (unpaired) electrons. The number of para-hydroxylation sites is 1. The summed E-state index contributed by atoms with van der Waals surface area (Å²) >= 11 is 1.61. The lowest BCUT2D eigenvalue weighted by atomic mass is 10.1. The predicted octanol–water partition coefficient (Wildman–Crippen LogP) is 7.02. The molecule has 0 aliphatic carbocycles. The first-order valence-electron chi connectivity index (χ1n) is 9.54. The van der Waals surface area contributed by atoms with Crippen LogP contribution in [-0.4, -0.2) is 14.9 Å². The summed E-state index contributed by atoms with van der Waals surface area (Å²) in [4.78, 5) is 19.7. The van der Waals surface area contributed by atoms with Crippen LogP contribution in [0.2, 0.25) is 0 Å². The van der Waals surface area contributed by atoms with Crippen molar-refractivity contribution in [2.45, 2.75) is 9.79 Å². The highest BCUT2D eigenvalue weighted by Crippen LogP contribution is 2.40. The van der Waals surface area contributed by atoms with Crippen molar-refractivity contribution in [3.8, 4) is 0 Å².